The normalized spacial score (nSPS) is 11.1. The van der Waals surface area contributed by atoms with Crippen molar-refractivity contribution in [1.29, 1.82) is 0 Å². The van der Waals surface area contributed by atoms with E-state index in [1.807, 2.05) is 0 Å². The first-order chi connectivity index (χ1) is 7.75. The third kappa shape index (κ3) is 3.10. The van der Waals surface area contributed by atoms with Gasteiger partial charge in [-0.05, 0) is 24.6 Å². The molecule has 0 radical (unpaired) electrons. The van der Waals surface area contributed by atoms with Gasteiger partial charge in [0.15, 0.2) is 4.99 Å². The average Bonchev–Trinajstić information content (AvgIpc) is 2.23. The third-order valence-corrected chi connectivity index (χ3v) is 2.60. The highest BCUT2D eigenvalue weighted by Gasteiger charge is 2.44. The number of halogens is 3. The van der Waals surface area contributed by atoms with Gasteiger partial charge in [0.25, 0.3) is 0 Å². The van der Waals surface area contributed by atoms with Crippen LogP contribution in [-0.4, -0.2) is 22.0 Å². The molecule has 0 aliphatic heterocycles. The molecule has 0 amide bonds. The molecular formula is C10H8ClF2NO2S. The topological polar surface area (TPSA) is 49.3 Å². The van der Waals surface area contributed by atoms with E-state index in [1.165, 1.54) is 6.07 Å². The number of nitrogens with one attached hydrogen (secondary N) is 1. The van der Waals surface area contributed by atoms with E-state index in [-0.39, 0.29) is 5.69 Å². The van der Waals surface area contributed by atoms with Gasteiger partial charge >= 0.3 is 11.9 Å². The molecule has 0 aliphatic carbocycles. The van der Waals surface area contributed by atoms with Crippen molar-refractivity contribution in [3.05, 3.63) is 28.8 Å². The maximum Gasteiger partial charge on any atom is 0.392 e. The van der Waals surface area contributed by atoms with Crippen LogP contribution in [0.4, 0.5) is 14.5 Å². The van der Waals surface area contributed by atoms with Gasteiger partial charge in [0.05, 0.1) is 0 Å². The lowest BCUT2D eigenvalue weighted by atomic mass is 10.2. The Morgan fingerprint density at radius 3 is 2.65 bits per heavy atom. The van der Waals surface area contributed by atoms with Crippen molar-refractivity contribution in [1.82, 2.24) is 0 Å². The van der Waals surface area contributed by atoms with Crippen molar-refractivity contribution in [2.45, 2.75) is 12.8 Å². The van der Waals surface area contributed by atoms with Crippen molar-refractivity contribution in [2.75, 3.05) is 5.32 Å². The predicted octanol–water partition coefficient (Wildman–Crippen LogP) is 3.11. The summed E-state index contributed by atoms with van der Waals surface area (Å²) in [6, 6.07) is 4.58. The van der Waals surface area contributed by atoms with Crippen molar-refractivity contribution in [3.63, 3.8) is 0 Å². The summed E-state index contributed by atoms with van der Waals surface area (Å²) in [5.41, 5.74) is 0.876. The molecule has 0 saturated carbocycles. The molecule has 0 saturated heterocycles. The van der Waals surface area contributed by atoms with Crippen LogP contribution in [0.3, 0.4) is 0 Å². The van der Waals surface area contributed by atoms with Gasteiger partial charge in [0.2, 0.25) is 0 Å². The fourth-order valence-corrected chi connectivity index (χ4v) is 1.40. The zero-order chi connectivity index (χ0) is 13.2. The lowest BCUT2D eigenvalue weighted by molar-refractivity contribution is -0.155. The minimum atomic E-state index is -4.11. The second-order valence-electron chi connectivity index (χ2n) is 3.29. The number of carbonyl (C=O) groups is 1. The molecule has 1 aromatic rings. The SMILES string of the molecule is Cc1ccc(Cl)cc1NC(=S)C(F)(F)C(=O)O. The Hall–Kier alpha value is -1.27. The van der Waals surface area contributed by atoms with Crippen LogP contribution in [0, 0.1) is 6.92 Å². The van der Waals surface area contributed by atoms with Gasteiger partial charge in [0.1, 0.15) is 0 Å². The highest BCUT2D eigenvalue weighted by atomic mass is 35.5. The average molecular weight is 280 g/mol. The minimum absolute atomic E-state index is 0.253. The monoisotopic (exact) mass is 279 g/mol. The van der Waals surface area contributed by atoms with Crippen LogP contribution in [-0.2, 0) is 4.79 Å². The number of carboxylic acid groups (broad SMARTS) is 1. The number of anilines is 1. The van der Waals surface area contributed by atoms with Gasteiger partial charge in [-0.25, -0.2) is 4.79 Å². The highest BCUT2D eigenvalue weighted by Crippen LogP contribution is 2.23. The van der Waals surface area contributed by atoms with E-state index in [0.717, 1.165) is 0 Å². The molecule has 0 atom stereocenters. The van der Waals surface area contributed by atoms with Crippen LogP contribution in [0.1, 0.15) is 5.56 Å². The molecule has 7 heteroatoms. The first kappa shape index (κ1) is 13.8. The predicted molar refractivity (Wildman–Crippen MR) is 65.0 cm³/mol. The number of thiocarbonyl (C=S) groups is 1. The maximum atomic E-state index is 13.0. The van der Waals surface area contributed by atoms with Gasteiger partial charge in [-0.15, -0.1) is 0 Å². The number of benzene rings is 1. The standard InChI is InChI=1S/C10H8ClF2NO2S/c1-5-2-3-6(11)4-7(5)14-8(17)10(12,13)9(15)16/h2-4H,1H3,(H,14,17)(H,15,16). The van der Waals surface area contributed by atoms with Gasteiger partial charge < -0.3 is 10.4 Å². The molecule has 0 aromatic heterocycles. The zero-order valence-corrected chi connectivity index (χ0v) is 10.2. The van der Waals surface area contributed by atoms with Crippen molar-refractivity contribution in [2.24, 2.45) is 0 Å². The number of carboxylic acids is 1. The molecule has 1 rings (SSSR count). The van der Waals surface area contributed by atoms with Crippen molar-refractivity contribution in [3.8, 4) is 0 Å². The molecule has 2 N–H and O–H groups in total. The number of hydrogen-bond acceptors (Lipinski definition) is 2. The van der Waals surface area contributed by atoms with Crippen molar-refractivity contribution < 1.29 is 18.7 Å². The van der Waals surface area contributed by atoms with Crippen LogP contribution in [0.2, 0.25) is 5.02 Å². The first-order valence-electron chi connectivity index (χ1n) is 4.44. The fourth-order valence-electron chi connectivity index (χ4n) is 1.03. The fraction of sp³-hybridized carbons (Fsp3) is 0.200. The number of rotatable bonds is 3. The third-order valence-electron chi connectivity index (χ3n) is 2.00. The van der Waals surface area contributed by atoms with Crippen LogP contribution < -0.4 is 5.32 Å². The van der Waals surface area contributed by atoms with E-state index in [0.29, 0.717) is 10.6 Å². The molecule has 0 heterocycles. The Morgan fingerprint density at radius 1 is 1.53 bits per heavy atom. The summed E-state index contributed by atoms with van der Waals surface area (Å²) in [5, 5.41) is 10.8. The van der Waals surface area contributed by atoms with Gasteiger partial charge in [-0.3, -0.25) is 0 Å². The second-order valence-corrected chi connectivity index (χ2v) is 4.14. The highest BCUT2D eigenvalue weighted by molar-refractivity contribution is 7.80. The summed E-state index contributed by atoms with van der Waals surface area (Å²) < 4.78 is 26.0. The Bertz CT molecular complexity index is 479. The Morgan fingerprint density at radius 2 is 2.12 bits per heavy atom. The number of aryl methyl sites for hydroxylation is 1. The number of hydrogen-bond donors (Lipinski definition) is 2. The lowest BCUT2D eigenvalue weighted by Gasteiger charge is -2.16. The van der Waals surface area contributed by atoms with E-state index < -0.39 is 16.9 Å². The first-order valence-corrected chi connectivity index (χ1v) is 5.22. The summed E-state index contributed by atoms with van der Waals surface area (Å²) in [6.45, 7) is 1.65. The summed E-state index contributed by atoms with van der Waals surface area (Å²) in [6.07, 6.45) is 0. The summed E-state index contributed by atoms with van der Waals surface area (Å²) in [4.78, 5) is 9.23. The Kier molecular flexibility index (Phi) is 4.00. The Labute approximate surface area is 106 Å². The molecule has 0 aliphatic rings. The van der Waals surface area contributed by atoms with Crippen LogP contribution in [0.15, 0.2) is 18.2 Å². The maximum absolute atomic E-state index is 13.0. The number of alkyl halides is 2. The van der Waals surface area contributed by atoms with Gasteiger partial charge in [-0.1, -0.05) is 29.9 Å². The molecule has 0 bridgehead atoms. The molecule has 3 nitrogen and oxygen atoms in total. The molecule has 0 fully saturated rings. The van der Waals surface area contributed by atoms with Gasteiger partial charge in [0, 0.05) is 10.7 Å². The quantitative estimate of drug-likeness (QED) is 0.835. The van der Waals surface area contributed by atoms with Crippen LogP contribution >= 0.6 is 23.8 Å². The largest absolute Gasteiger partial charge is 0.476 e. The van der Waals surface area contributed by atoms with E-state index >= 15 is 0 Å². The minimum Gasteiger partial charge on any atom is -0.476 e. The van der Waals surface area contributed by atoms with E-state index in [2.05, 4.69) is 17.5 Å². The summed E-state index contributed by atoms with van der Waals surface area (Å²) >= 11 is 10.1. The molecule has 0 spiro atoms. The smallest absolute Gasteiger partial charge is 0.392 e. The van der Waals surface area contributed by atoms with E-state index in [1.54, 1.807) is 19.1 Å². The van der Waals surface area contributed by atoms with E-state index in [4.69, 9.17) is 16.7 Å². The molecule has 17 heavy (non-hydrogen) atoms. The molecule has 92 valence electrons. The van der Waals surface area contributed by atoms with Gasteiger partial charge in [-0.2, -0.15) is 8.78 Å². The Balaban J connectivity index is 2.96. The summed E-state index contributed by atoms with van der Waals surface area (Å²) in [5.74, 6) is -6.40. The summed E-state index contributed by atoms with van der Waals surface area (Å²) in [7, 11) is 0. The number of aliphatic carboxylic acids is 1. The molecular weight excluding hydrogens is 272 g/mol. The van der Waals surface area contributed by atoms with Crippen LogP contribution in [0.5, 0.6) is 0 Å². The molecule has 0 unspecified atom stereocenters. The zero-order valence-electron chi connectivity index (χ0n) is 8.63. The second kappa shape index (κ2) is 4.93. The van der Waals surface area contributed by atoms with Crippen LogP contribution in [0.25, 0.3) is 0 Å². The lowest BCUT2D eigenvalue weighted by Crippen LogP contribution is -2.40. The van der Waals surface area contributed by atoms with E-state index in [9.17, 15) is 13.6 Å². The van der Waals surface area contributed by atoms with Crippen molar-refractivity contribution >= 4 is 40.5 Å². The molecule has 1 aromatic carbocycles.